The summed E-state index contributed by atoms with van der Waals surface area (Å²) in [7, 11) is 5.51. The highest BCUT2D eigenvalue weighted by Gasteiger charge is 2.33. The minimum Gasteiger partial charge on any atom is -0.496 e. The first kappa shape index (κ1) is 32.2. The maximum Gasteiger partial charge on any atom is 0.335 e. The first-order valence-corrected chi connectivity index (χ1v) is 14.0. The summed E-state index contributed by atoms with van der Waals surface area (Å²) >= 11 is 6.44. The maximum absolute atomic E-state index is 14.0. The second-order valence-corrected chi connectivity index (χ2v) is 10.8. The number of carboxylic acid groups (broad SMARTS) is 1. The van der Waals surface area contributed by atoms with Gasteiger partial charge in [0.15, 0.2) is 11.6 Å². The maximum atomic E-state index is 14.0. The van der Waals surface area contributed by atoms with Gasteiger partial charge in [-0.1, -0.05) is 30.0 Å². The first-order valence-electron chi connectivity index (χ1n) is 12.8. The number of aromatic carboxylic acids is 1. The van der Waals surface area contributed by atoms with Crippen LogP contribution >= 0.6 is 24.0 Å². The molecule has 0 aliphatic carbocycles. The van der Waals surface area contributed by atoms with Crippen LogP contribution in [-0.4, -0.2) is 67.1 Å². The van der Waals surface area contributed by atoms with Crippen LogP contribution in [0, 0.1) is 11.6 Å². The minimum atomic E-state index is -1.20. The van der Waals surface area contributed by atoms with Gasteiger partial charge in [0.1, 0.15) is 33.0 Å². The van der Waals surface area contributed by atoms with E-state index in [1.54, 1.807) is 18.2 Å². The fraction of sp³-hybridized carbons (Fsp3) is 0.200. The smallest absolute Gasteiger partial charge is 0.335 e. The Morgan fingerprint density at radius 1 is 0.932 bits per heavy atom. The molecule has 4 rings (SSSR count). The lowest BCUT2D eigenvalue weighted by atomic mass is 10.0. The molecular formula is C30H26F2N2O8S2. The van der Waals surface area contributed by atoms with E-state index in [9.17, 15) is 28.3 Å². The predicted molar refractivity (Wildman–Crippen MR) is 165 cm³/mol. The highest BCUT2D eigenvalue weighted by molar-refractivity contribution is 8.26. The number of nitrogens with one attached hydrogen (secondary N) is 1. The molecular weight excluding hydrogens is 618 g/mol. The third kappa shape index (κ3) is 6.76. The number of carboxylic acids is 1. The summed E-state index contributed by atoms with van der Waals surface area (Å²) in [6, 6.07) is 9.15. The molecule has 1 aliphatic rings. The summed E-state index contributed by atoms with van der Waals surface area (Å²) in [6.07, 6.45) is 1.40. The summed E-state index contributed by atoms with van der Waals surface area (Å²) in [5, 5.41) is 12.0. The van der Waals surface area contributed by atoms with Gasteiger partial charge in [-0.25, -0.2) is 13.6 Å². The van der Waals surface area contributed by atoms with E-state index in [-0.39, 0.29) is 44.9 Å². The Bertz CT molecular complexity index is 1670. The number of halogens is 2. The molecule has 1 aliphatic heterocycles. The lowest BCUT2D eigenvalue weighted by Gasteiger charge is -2.17. The third-order valence-electron chi connectivity index (χ3n) is 6.52. The Kier molecular flexibility index (Phi) is 10.1. The molecule has 230 valence electrons. The number of anilines is 1. The molecule has 3 aromatic rings. The molecule has 2 amide bonds. The van der Waals surface area contributed by atoms with Crippen molar-refractivity contribution in [1.29, 1.82) is 0 Å². The molecule has 0 unspecified atom stereocenters. The average Bonchev–Trinajstić information content (AvgIpc) is 3.28. The number of thioether (sulfide) groups is 1. The van der Waals surface area contributed by atoms with Crippen LogP contribution in [0.2, 0.25) is 0 Å². The van der Waals surface area contributed by atoms with Gasteiger partial charge in [0, 0.05) is 30.2 Å². The number of carbonyl (C=O) groups is 3. The van der Waals surface area contributed by atoms with E-state index < -0.39 is 29.4 Å². The van der Waals surface area contributed by atoms with Crippen molar-refractivity contribution >= 4 is 57.8 Å². The zero-order valence-electron chi connectivity index (χ0n) is 23.9. The van der Waals surface area contributed by atoms with Crippen molar-refractivity contribution in [3.05, 3.63) is 70.1 Å². The third-order valence-corrected chi connectivity index (χ3v) is 7.90. The van der Waals surface area contributed by atoms with Crippen LogP contribution in [0.3, 0.4) is 0 Å². The summed E-state index contributed by atoms with van der Waals surface area (Å²) in [5.41, 5.74) is 1.29. The molecule has 1 heterocycles. The molecule has 1 fully saturated rings. The molecule has 14 heteroatoms. The van der Waals surface area contributed by atoms with Crippen LogP contribution in [-0.2, 0) is 9.59 Å². The number of benzene rings is 3. The SMILES string of the molecule is COc1cc(OC)c(-c2ccc(F)c(F)c2)cc1/C=C1\SC(=S)N(CCC(=O)Nc2c(OC)cc(C(=O)O)cc2OC)C1=O. The summed E-state index contributed by atoms with van der Waals surface area (Å²) in [6.45, 7) is -0.0501. The van der Waals surface area contributed by atoms with Gasteiger partial charge < -0.3 is 29.4 Å². The Hall–Kier alpha value is -4.69. The number of ether oxygens (including phenoxy) is 4. The van der Waals surface area contributed by atoms with Crippen LogP contribution in [0.5, 0.6) is 23.0 Å². The van der Waals surface area contributed by atoms with E-state index in [0.717, 1.165) is 23.9 Å². The molecule has 0 aromatic heterocycles. The van der Waals surface area contributed by atoms with Crippen molar-refractivity contribution < 1.29 is 47.2 Å². The Morgan fingerprint density at radius 2 is 1.57 bits per heavy atom. The van der Waals surface area contributed by atoms with Gasteiger partial charge in [0.05, 0.1) is 38.9 Å². The molecule has 3 aromatic carbocycles. The van der Waals surface area contributed by atoms with Crippen LogP contribution < -0.4 is 24.3 Å². The van der Waals surface area contributed by atoms with Gasteiger partial charge in [-0.2, -0.15) is 0 Å². The number of rotatable bonds is 11. The quantitative estimate of drug-likeness (QED) is 0.202. The van der Waals surface area contributed by atoms with E-state index >= 15 is 0 Å². The lowest BCUT2D eigenvalue weighted by molar-refractivity contribution is -0.122. The average molecular weight is 645 g/mol. The zero-order valence-corrected chi connectivity index (χ0v) is 25.5. The van der Waals surface area contributed by atoms with Gasteiger partial charge in [0.2, 0.25) is 5.91 Å². The molecule has 0 atom stereocenters. The van der Waals surface area contributed by atoms with Crippen LogP contribution in [0.4, 0.5) is 14.5 Å². The van der Waals surface area contributed by atoms with Gasteiger partial charge in [-0.05, 0) is 42.0 Å². The fourth-order valence-electron chi connectivity index (χ4n) is 4.33. The van der Waals surface area contributed by atoms with Crippen molar-refractivity contribution in [3.8, 4) is 34.1 Å². The first-order chi connectivity index (χ1) is 21.0. The zero-order chi connectivity index (χ0) is 32.1. The highest BCUT2D eigenvalue weighted by atomic mass is 32.2. The van der Waals surface area contributed by atoms with Crippen molar-refractivity contribution in [2.45, 2.75) is 6.42 Å². The number of hydrogen-bond acceptors (Lipinski definition) is 9. The van der Waals surface area contributed by atoms with Crippen LogP contribution in [0.1, 0.15) is 22.3 Å². The molecule has 44 heavy (non-hydrogen) atoms. The van der Waals surface area contributed by atoms with E-state index in [2.05, 4.69) is 5.32 Å². The predicted octanol–water partition coefficient (Wildman–Crippen LogP) is 5.59. The number of carbonyl (C=O) groups excluding carboxylic acids is 2. The Balaban J connectivity index is 1.55. The summed E-state index contributed by atoms with van der Waals surface area (Å²) in [4.78, 5) is 39.1. The standard InChI is InChI=1S/C30H26F2N2O8S2/c1-39-21-14-22(40-2)18(15-5-6-19(31)20(32)10-15)9-16(21)13-25-28(36)34(30(43)44-25)8-7-26(35)33-27-23(41-3)11-17(29(37)38)12-24(27)42-4/h5-6,9-14H,7-8H2,1-4H3,(H,33,35)(H,37,38)/b25-13-. The number of amides is 2. The molecule has 10 nitrogen and oxygen atoms in total. The van der Waals surface area contributed by atoms with Gasteiger partial charge in [-0.15, -0.1) is 0 Å². The van der Waals surface area contributed by atoms with Crippen molar-refractivity contribution in [2.75, 3.05) is 40.3 Å². The minimum absolute atomic E-state index is 0.0501. The topological polar surface area (TPSA) is 124 Å². The number of thiocarbonyl (C=S) groups is 1. The van der Waals surface area contributed by atoms with Crippen molar-refractivity contribution in [3.63, 3.8) is 0 Å². The lowest BCUT2D eigenvalue weighted by Crippen LogP contribution is -2.31. The van der Waals surface area contributed by atoms with Gasteiger partial charge in [-0.3, -0.25) is 14.5 Å². The molecule has 1 saturated heterocycles. The van der Waals surface area contributed by atoms with E-state index in [1.807, 2.05) is 0 Å². The molecule has 0 radical (unpaired) electrons. The number of hydrogen-bond donors (Lipinski definition) is 2. The van der Waals surface area contributed by atoms with E-state index in [4.69, 9.17) is 31.2 Å². The summed E-state index contributed by atoms with van der Waals surface area (Å²) < 4.78 is 49.2. The molecule has 0 bridgehead atoms. The Labute approximate surface area is 260 Å². The number of nitrogens with zero attached hydrogens (tertiary/aromatic N) is 1. The molecule has 2 N–H and O–H groups in total. The Morgan fingerprint density at radius 3 is 2.14 bits per heavy atom. The van der Waals surface area contributed by atoms with Crippen molar-refractivity contribution in [2.24, 2.45) is 0 Å². The highest BCUT2D eigenvalue weighted by Crippen LogP contribution is 2.40. The second-order valence-electron chi connectivity index (χ2n) is 9.12. The fourth-order valence-corrected chi connectivity index (χ4v) is 5.63. The molecule has 0 spiro atoms. The van der Waals surface area contributed by atoms with Gasteiger partial charge in [0.25, 0.3) is 5.91 Å². The monoisotopic (exact) mass is 644 g/mol. The largest absolute Gasteiger partial charge is 0.496 e. The van der Waals surface area contributed by atoms with E-state index in [0.29, 0.717) is 28.2 Å². The van der Waals surface area contributed by atoms with Gasteiger partial charge >= 0.3 is 5.97 Å². The van der Waals surface area contributed by atoms with Crippen LogP contribution in [0.25, 0.3) is 17.2 Å². The molecule has 0 saturated carbocycles. The van der Waals surface area contributed by atoms with E-state index in [1.165, 1.54) is 51.5 Å². The van der Waals surface area contributed by atoms with Crippen LogP contribution in [0.15, 0.2) is 47.4 Å². The summed E-state index contributed by atoms with van der Waals surface area (Å²) in [5.74, 6) is -3.30. The van der Waals surface area contributed by atoms with Crippen molar-refractivity contribution in [1.82, 2.24) is 4.90 Å². The number of methoxy groups -OCH3 is 4. The normalized spacial score (nSPS) is 13.7. The second kappa shape index (κ2) is 13.7.